The molecule has 1 heterocycles. The van der Waals surface area contributed by atoms with Crippen molar-refractivity contribution in [3.8, 4) is 0 Å². The molecule has 0 aromatic carbocycles. The Morgan fingerprint density at radius 3 is 2.58 bits per heavy atom. The van der Waals surface area contributed by atoms with Crippen LogP contribution in [0.1, 0.15) is 20.3 Å². The fourth-order valence-corrected chi connectivity index (χ4v) is 2.75. The van der Waals surface area contributed by atoms with E-state index in [9.17, 15) is 4.79 Å². The number of carbonyl (C=O) groups excluding carboxylic acids is 1. The molecule has 116 valence electrons. The first-order chi connectivity index (χ1) is 8.26. The predicted octanol–water partition coefficient (Wildman–Crippen LogP) is 1.38. The van der Waals surface area contributed by atoms with E-state index in [0.29, 0.717) is 11.8 Å². The summed E-state index contributed by atoms with van der Waals surface area (Å²) in [5, 5.41) is 6.31. The molecule has 1 saturated heterocycles. The topological polar surface area (TPSA) is 44.4 Å². The molecule has 2 N–H and O–H groups in total. The van der Waals surface area contributed by atoms with Crippen LogP contribution in [-0.4, -0.2) is 61.1 Å². The molecule has 1 aliphatic rings. The minimum Gasteiger partial charge on any atom is -0.351 e. The summed E-state index contributed by atoms with van der Waals surface area (Å²) in [4.78, 5) is 14.0. The smallest absolute Gasteiger partial charge is 0.230 e. The molecule has 0 bridgehead atoms. The number of nitrogens with zero attached hydrogens (tertiary/aromatic N) is 1. The molecule has 0 aromatic heterocycles. The van der Waals surface area contributed by atoms with Gasteiger partial charge in [0, 0.05) is 24.9 Å². The first kappa shape index (κ1) is 21.6. The van der Waals surface area contributed by atoms with E-state index < -0.39 is 0 Å². The van der Waals surface area contributed by atoms with Gasteiger partial charge in [-0.3, -0.25) is 4.79 Å². The normalized spacial score (nSPS) is 17.7. The van der Waals surface area contributed by atoms with Crippen molar-refractivity contribution in [1.29, 1.82) is 0 Å². The van der Waals surface area contributed by atoms with E-state index in [1.54, 1.807) is 11.8 Å². The van der Waals surface area contributed by atoms with Crippen molar-refractivity contribution in [1.82, 2.24) is 15.5 Å². The van der Waals surface area contributed by atoms with Crippen LogP contribution in [0.15, 0.2) is 0 Å². The summed E-state index contributed by atoms with van der Waals surface area (Å²) in [7, 11) is 0. The van der Waals surface area contributed by atoms with Crippen LogP contribution in [0.2, 0.25) is 0 Å². The van der Waals surface area contributed by atoms with Crippen LogP contribution in [0.25, 0.3) is 0 Å². The first-order valence-electron chi connectivity index (χ1n) is 6.56. The van der Waals surface area contributed by atoms with Gasteiger partial charge < -0.3 is 15.5 Å². The van der Waals surface area contributed by atoms with Gasteiger partial charge in [0.2, 0.25) is 5.91 Å². The van der Waals surface area contributed by atoms with Gasteiger partial charge in [-0.15, -0.1) is 24.8 Å². The minimum atomic E-state index is 0. The molecule has 4 nitrogen and oxygen atoms in total. The van der Waals surface area contributed by atoms with Gasteiger partial charge >= 0.3 is 0 Å². The van der Waals surface area contributed by atoms with E-state index in [1.165, 1.54) is 0 Å². The molecule has 0 saturated carbocycles. The van der Waals surface area contributed by atoms with Crippen LogP contribution in [0.5, 0.6) is 0 Å². The maximum Gasteiger partial charge on any atom is 0.230 e. The number of carbonyl (C=O) groups is 1. The van der Waals surface area contributed by atoms with Gasteiger partial charge in [-0.25, -0.2) is 0 Å². The fourth-order valence-electron chi connectivity index (χ4n) is 1.95. The third-order valence-corrected chi connectivity index (χ3v) is 4.04. The molecule has 7 heteroatoms. The summed E-state index contributed by atoms with van der Waals surface area (Å²) in [6.45, 7) is 9.57. The maximum absolute atomic E-state index is 11.6. The van der Waals surface area contributed by atoms with Crippen molar-refractivity contribution in [2.45, 2.75) is 26.3 Å². The molecule has 1 aliphatic heterocycles. The summed E-state index contributed by atoms with van der Waals surface area (Å²) in [5.41, 5.74) is 0. The maximum atomic E-state index is 11.6. The number of thioether (sulfide) groups is 1. The highest BCUT2D eigenvalue weighted by molar-refractivity contribution is 7.99. The van der Waals surface area contributed by atoms with Crippen LogP contribution >= 0.6 is 36.6 Å². The van der Waals surface area contributed by atoms with Crippen molar-refractivity contribution in [3.63, 3.8) is 0 Å². The van der Waals surface area contributed by atoms with E-state index in [-0.39, 0.29) is 30.7 Å². The average Bonchev–Trinajstić information content (AvgIpc) is 2.82. The molecule has 0 spiro atoms. The van der Waals surface area contributed by atoms with E-state index in [2.05, 4.69) is 29.4 Å². The van der Waals surface area contributed by atoms with Gasteiger partial charge in [0.1, 0.15) is 0 Å². The zero-order chi connectivity index (χ0) is 12.5. The summed E-state index contributed by atoms with van der Waals surface area (Å²) in [6, 6.07) is 0.353. The molecule has 0 radical (unpaired) electrons. The Morgan fingerprint density at radius 2 is 2.05 bits per heavy atom. The van der Waals surface area contributed by atoms with Crippen molar-refractivity contribution in [3.05, 3.63) is 0 Å². The molecule has 19 heavy (non-hydrogen) atoms. The third kappa shape index (κ3) is 9.79. The standard InChI is InChI=1S/C12H25N3OS.2ClH/c1-3-15(4-2)7-8-17-10-12(16)14-11-5-6-13-9-11;;/h11,13H,3-10H2,1-2H3,(H,14,16);2*1H. The number of amides is 1. The third-order valence-electron chi connectivity index (χ3n) is 3.10. The van der Waals surface area contributed by atoms with Crippen LogP contribution < -0.4 is 10.6 Å². The lowest BCUT2D eigenvalue weighted by Crippen LogP contribution is -2.37. The van der Waals surface area contributed by atoms with Crippen molar-refractivity contribution in [2.24, 2.45) is 0 Å². The molecule has 1 rings (SSSR count). The Labute approximate surface area is 133 Å². The van der Waals surface area contributed by atoms with Crippen LogP contribution in [0, 0.1) is 0 Å². The van der Waals surface area contributed by atoms with Gasteiger partial charge in [0.25, 0.3) is 0 Å². The molecule has 0 aliphatic carbocycles. The predicted molar refractivity (Wildman–Crippen MR) is 89.0 cm³/mol. The lowest BCUT2D eigenvalue weighted by molar-refractivity contribution is -0.119. The van der Waals surface area contributed by atoms with Crippen molar-refractivity contribution < 1.29 is 4.79 Å². The summed E-state index contributed by atoms with van der Waals surface area (Å²) in [5.74, 6) is 1.82. The molecular weight excluding hydrogens is 305 g/mol. The van der Waals surface area contributed by atoms with Crippen LogP contribution in [0.3, 0.4) is 0 Å². The summed E-state index contributed by atoms with van der Waals surface area (Å²) >= 11 is 1.73. The highest BCUT2D eigenvalue weighted by atomic mass is 35.5. The second-order valence-corrected chi connectivity index (χ2v) is 5.44. The Balaban J connectivity index is 0. The minimum absolute atomic E-state index is 0. The fraction of sp³-hybridized carbons (Fsp3) is 0.917. The van der Waals surface area contributed by atoms with Gasteiger partial charge in [-0.2, -0.15) is 11.8 Å². The lowest BCUT2D eigenvalue weighted by atomic mass is 10.3. The molecule has 1 amide bonds. The summed E-state index contributed by atoms with van der Waals surface area (Å²) < 4.78 is 0. The van der Waals surface area contributed by atoms with E-state index >= 15 is 0 Å². The first-order valence-corrected chi connectivity index (χ1v) is 7.71. The van der Waals surface area contributed by atoms with Crippen molar-refractivity contribution in [2.75, 3.05) is 44.2 Å². The Morgan fingerprint density at radius 1 is 1.37 bits per heavy atom. The monoisotopic (exact) mass is 331 g/mol. The Kier molecular flexibility index (Phi) is 15.1. The summed E-state index contributed by atoms with van der Waals surface area (Å²) in [6.07, 6.45) is 1.07. The zero-order valence-electron chi connectivity index (χ0n) is 11.8. The zero-order valence-corrected chi connectivity index (χ0v) is 14.3. The van der Waals surface area contributed by atoms with Gasteiger partial charge in [0.15, 0.2) is 0 Å². The van der Waals surface area contributed by atoms with Gasteiger partial charge in [-0.1, -0.05) is 13.8 Å². The van der Waals surface area contributed by atoms with E-state index in [0.717, 1.165) is 44.9 Å². The molecular formula is C12H27Cl2N3OS. The Hall–Kier alpha value is 0.320. The van der Waals surface area contributed by atoms with Crippen molar-refractivity contribution >= 4 is 42.5 Å². The molecule has 0 aromatic rings. The number of hydrogen-bond acceptors (Lipinski definition) is 4. The number of halogens is 2. The van der Waals surface area contributed by atoms with Crippen LogP contribution in [0.4, 0.5) is 0 Å². The molecule has 1 unspecified atom stereocenters. The number of rotatable bonds is 8. The highest BCUT2D eigenvalue weighted by Gasteiger charge is 2.16. The van der Waals surface area contributed by atoms with Crippen LogP contribution in [-0.2, 0) is 4.79 Å². The lowest BCUT2D eigenvalue weighted by Gasteiger charge is -2.17. The molecule has 1 atom stereocenters. The Bertz CT molecular complexity index is 225. The van der Waals surface area contributed by atoms with Gasteiger partial charge in [0.05, 0.1) is 5.75 Å². The molecule has 1 fully saturated rings. The SMILES string of the molecule is CCN(CC)CCSCC(=O)NC1CCNC1.Cl.Cl. The largest absolute Gasteiger partial charge is 0.351 e. The van der Waals surface area contributed by atoms with E-state index in [4.69, 9.17) is 0 Å². The second kappa shape index (κ2) is 13.3. The highest BCUT2D eigenvalue weighted by Crippen LogP contribution is 2.03. The van der Waals surface area contributed by atoms with E-state index in [1.807, 2.05) is 0 Å². The van der Waals surface area contributed by atoms with Gasteiger partial charge in [-0.05, 0) is 26.1 Å². The second-order valence-electron chi connectivity index (χ2n) is 4.34. The number of hydrogen-bond donors (Lipinski definition) is 2. The average molecular weight is 332 g/mol. The number of nitrogens with one attached hydrogen (secondary N) is 2. The quantitative estimate of drug-likeness (QED) is 0.659.